The maximum atomic E-state index is 13.3. The highest BCUT2D eigenvalue weighted by Crippen LogP contribution is 2.31. The van der Waals surface area contributed by atoms with Crippen LogP contribution >= 0.6 is 11.6 Å². The predicted octanol–water partition coefficient (Wildman–Crippen LogP) is 4.82. The monoisotopic (exact) mass is 449 g/mol. The molecule has 0 amide bonds. The third kappa shape index (κ3) is 3.39. The Morgan fingerprint density at radius 1 is 0.968 bits per heavy atom. The van der Waals surface area contributed by atoms with Crippen LogP contribution in [0.3, 0.4) is 0 Å². The molecule has 7 nitrogen and oxygen atoms in total. The van der Waals surface area contributed by atoms with Gasteiger partial charge in [-0.1, -0.05) is 52.7 Å². The van der Waals surface area contributed by atoms with Crippen LogP contribution in [0.1, 0.15) is 5.56 Å². The second kappa shape index (κ2) is 7.33. The predicted molar refractivity (Wildman–Crippen MR) is 120 cm³/mol. The van der Waals surface area contributed by atoms with Gasteiger partial charge in [-0.05, 0) is 49.4 Å². The number of hydrogen-bond acceptors (Lipinski definition) is 6. The lowest BCUT2D eigenvalue weighted by atomic mass is 10.2. The smallest absolute Gasteiger partial charge is 0.229 e. The molecule has 0 aliphatic carbocycles. The molecule has 0 unspecified atom stereocenters. The number of fused-ring (bicyclic) bond motifs is 3. The van der Waals surface area contributed by atoms with E-state index in [2.05, 4.69) is 20.6 Å². The van der Waals surface area contributed by atoms with Crippen molar-refractivity contribution in [2.75, 3.05) is 5.32 Å². The third-order valence-corrected chi connectivity index (χ3v) is 6.80. The summed E-state index contributed by atoms with van der Waals surface area (Å²) in [6.45, 7) is 1.89. The molecule has 0 atom stereocenters. The van der Waals surface area contributed by atoms with Gasteiger partial charge >= 0.3 is 0 Å². The molecule has 0 radical (unpaired) electrons. The largest absolute Gasteiger partial charge is 0.340 e. The van der Waals surface area contributed by atoms with Gasteiger partial charge in [0.1, 0.15) is 5.82 Å². The fourth-order valence-corrected chi connectivity index (χ4v) is 4.73. The number of nitrogens with zero attached hydrogens (tertiary/aromatic N) is 4. The Balaban J connectivity index is 1.76. The molecular weight excluding hydrogens is 434 g/mol. The van der Waals surface area contributed by atoms with Crippen molar-refractivity contribution in [2.45, 2.75) is 16.8 Å². The number of aromatic nitrogens is 4. The second-order valence-electron chi connectivity index (χ2n) is 7.06. The van der Waals surface area contributed by atoms with Crippen molar-refractivity contribution in [3.05, 3.63) is 83.4 Å². The average Bonchev–Trinajstić information content (AvgIpc) is 3.19. The lowest BCUT2D eigenvalue weighted by molar-refractivity contribution is 0.592. The SMILES string of the molecule is Cc1ccc(S(=O)(=O)c2nnn3c2nc(Nc2ccccc2)c2cc(Cl)ccc23)cc1. The van der Waals surface area contributed by atoms with E-state index in [4.69, 9.17) is 11.6 Å². The zero-order valence-corrected chi connectivity index (χ0v) is 17.9. The second-order valence-corrected chi connectivity index (χ2v) is 9.36. The molecule has 0 aliphatic heterocycles. The van der Waals surface area contributed by atoms with E-state index in [1.807, 2.05) is 37.3 Å². The summed E-state index contributed by atoms with van der Waals surface area (Å²) in [5.41, 5.74) is 2.53. The van der Waals surface area contributed by atoms with Gasteiger partial charge in [-0.15, -0.1) is 5.10 Å². The topological polar surface area (TPSA) is 89.2 Å². The number of aryl methyl sites for hydroxylation is 1. The minimum atomic E-state index is -3.92. The van der Waals surface area contributed by atoms with Gasteiger partial charge in [0.05, 0.1) is 10.4 Å². The van der Waals surface area contributed by atoms with Gasteiger partial charge in [0.25, 0.3) is 0 Å². The summed E-state index contributed by atoms with van der Waals surface area (Å²) in [4.78, 5) is 4.73. The van der Waals surface area contributed by atoms with Crippen molar-refractivity contribution < 1.29 is 8.42 Å². The van der Waals surface area contributed by atoms with Crippen LogP contribution in [-0.4, -0.2) is 28.2 Å². The summed E-state index contributed by atoms with van der Waals surface area (Å²) in [5, 5.41) is 12.3. The highest BCUT2D eigenvalue weighted by molar-refractivity contribution is 7.91. The number of para-hydroxylation sites is 1. The van der Waals surface area contributed by atoms with E-state index in [9.17, 15) is 8.42 Å². The van der Waals surface area contributed by atoms with E-state index >= 15 is 0 Å². The zero-order chi connectivity index (χ0) is 21.6. The van der Waals surface area contributed by atoms with Crippen molar-refractivity contribution in [1.82, 2.24) is 19.8 Å². The summed E-state index contributed by atoms with van der Waals surface area (Å²) in [6, 6.07) is 21.3. The van der Waals surface area contributed by atoms with Crippen molar-refractivity contribution in [3.8, 4) is 0 Å². The van der Waals surface area contributed by atoms with Gasteiger partial charge < -0.3 is 5.32 Å². The Bertz CT molecular complexity index is 1530. The van der Waals surface area contributed by atoms with Crippen LogP contribution in [0.4, 0.5) is 11.5 Å². The number of halogens is 1. The fraction of sp³-hybridized carbons (Fsp3) is 0.0455. The van der Waals surface area contributed by atoms with Crippen molar-refractivity contribution in [3.63, 3.8) is 0 Å². The van der Waals surface area contributed by atoms with Gasteiger partial charge in [0.2, 0.25) is 14.9 Å². The summed E-state index contributed by atoms with van der Waals surface area (Å²) in [5.74, 6) is 0.457. The number of sulfone groups is 1. The van der Waals surface area contributed by atoms with Gasteiger partial charge in [-0.2, -0.15) is 4.52 Å². The first-order chi connectivity index (χ1) is 14.9. The lowest BCUT2D eigenvalue weighted by Crippen LogP contribution is -2.05. The first-order valence-electron chi connectivity index (χ1n) is 9.42. The Hall–Kier alpha value is -3.49. The number of hydrogen-bond donors (Lipinski definition) is 1. The molecule has 2 aromatic heterocycles. The molecule has 5 rings (SSSR count). The molecule has 0 spiro atoms. The van der Waals surface area contributed by atoms with Gasteiger partial charge in [0, 0.05) is 16.1 Å². The number of nitrogens with one attached hydrogen (secondary N) is 1. The Labute approximate surface area is 183 Å². The van der Waals surface area contributed by atoms with Gasteiger partial charge in [-0.3, -0.25) is 0 Å². The van der Waals surface area contributed by atoms with Crippen molar-refractivity contribution >= 4 is 49.5 Å². The molecule has 1 N–H and O–H groups in total. The lowest BCUT2D eigenvalue weighted by Gasteiger charge is -2.11. The maximum absolute atomic E-state index is 13.3. The van der Waals surface area contributed by atoms with Crippen LogP contribution in [0.15, 0.2) is 82.7 Å². The van der Waals surface area contributed by atoms with Crippen LogP contribution in [0.5, 0.6) is 0 Å². The fourth-order valence-electron chi connectivity index (χ4n) is 3.33. The Morgan fingerprint density at radius 3 is 2.45 bits per heavy atom. The van der Waals surface area contributed by atoms with E-state index in [1.165, 1.54) is 4.52 Å². The summed E-state index contributed by atoms with van der Waals surface area (Å²) >= 11 is 6.22. The van der Waals surface area contributed by atoms with Crippen LogP contribution < -0.4 is 5.32 Å². The van der Waals surface area contributed by atoms with E-state index < -0.39 is 9.84 Å². The van der Waals surface area contributed by atoms with E-state index in [0.717, 1.165) is 11.3 Å². The highest BCUT2D eigenvalue weighted by atomic mass is 35.5. The molecule has 5 aromatic rings. The molecule has 31 heavy (non-hydrogen) atoms. The molecule has 0 aliphatic rings. The quantitative estimate of drug-likeness (QED) is 0.423. The number of benzene rings is 3. The van der Waals surface area contributed by atoms with Crippen LogP contribution in [0, 0.1) is 6.92 Å². The molecule has 0 fully saturated rings. The van der Waals surface area contributed by atoms with Gasteiger partial charge in [0.15, 0.2) is 5.65 Å². The molecule has 0 saturated carbocycles. The van der Waals surface area contributed by atoms with E-state index in [1.54, 1.807) is 42.5 Å². The van der Waals surface area contributed by atoms with E-state index in [0.29, 0.717) is 21.7 Å². The Morgan fingerprint density at radius 2 is 1.71 bits per heavy atom. The molecule has 3 aromatic carbocycles. The average molecular weight is 450 g/mol. The standard InChI is InChI=1S/C22H16ClN5O2S/c1-14-7-10-17(11-8-14)31(29,30)22-21-25-20(24-16-5-3-2-4-6-16)18-13-15(23)9-12-19(18)28(21)27-26-22/h2-13H,1H3,(H,24,25). The normalized spacial score (nSPS) is 11.8. The van der Waals surface area contributed by atoms with Crippen molar-refractivity contribution in [2.24, 2.45) is 0 Å². The van der Waals surface area contributed by atoms with Gasteiger partial charge in [-0.25, -0.2) is 13.4 Å². The highest BCUT2D eigenvalue weighted by Gasteiger charge is 2.27. The minimum absolute atomic E-state index is 0.133. The first kappa shape index (κ1) is 19.5. The summed E-state index contributed by atoms with van der Waals surface area (Å²) in [7, 11) is -3.92. The molecule has 154 valence electrons. The zero-order valence-electron chi connectivity index (χ0n) is 16.3. The molecule has 2 heterocycles. The first-order valence-corrected chi connectivity index (χ1v) is 11.3. The number of anilines is 2. The number of rotatable bonds is 4. The summed E-state index contributed by atoms with van der Waals surface area (Å²) < 4.78 is 28.0. The van der Waals surface area contributed by atoms with E-state index in [-0.39, 0.29) is 15.6 Å². The molecular formula is C22H16ClN5O2S. The van der Waals surface area contributed by atoms with Crippen molar-refractivity contribution in [1.29, 1.82) is 0 Å². The minimum Gasteiger partial charge on any atom is -0.340 e. The third-order valence-electron chi connectivity index (χ3n) is 4.90. The summed E-state index contributed by atoms with van der Waals surface area (Å²) in [6.07, 6.45) is 0. The molecule has 0 saturated heterocycles. The molecule has 9 heteroatoms. The van der Waals surface area contributed by atoms with Crippen LogP contribution in [0.2, 0.25) is 5.02 Å². The van der Waals surface area contributed by atoms with Crippen LogP contribution in [0.25, 0.3) is 16.6 Å². The Kier molecular flexibility index (Phi) is 4.60. The van der Waals surface area contributed by atoms with Crippen LogP contribution in [-0.2, 0) is 9.84 Å². The molecule has 0 bridgehead atoms. The maximum Gasteiger partial charge on any atom is 0.229 e.